The summed E-state index contributed by atoms with van der Waals surface area (Å²) < 4.78 is 1.62. The highest BCUT2D eigenvalue weighted by Crippen LogP contribution is 2.19. The van der Waals surface area contributed by atoms with Crippen molar-refractivity contribution in [2.24, 2.45) is 5.73 Å². The van der Waals surface area contributed by atoms with Crippen molar-refractivity contribution >= 4 is 29.9 Å². The van der Waals surface area contributed by atoms with E-state index in [1.807, 2.05) is 18.7 Å². The molecule has 3 N–H and O–H groups in total. The van der Waals surface area contributed by atoms with Crippen LogP contribution >= 0.6 is 12.4 Å². The quantitative estimate of drug-likeness (QED) is 0.808. The molecule has 3 heterocycles. The third kappa shape index (κ3) is 3.81. The van der Waals surface area contributed by atoms with E-state index in [9.17, 15) is 9.59 Å². The summed E-state index contributed by atoms with van der Waals surface area (Å²) in [5.74, 6) is -0.386. The molecule has 2 amide bonds. The molecule has 1 aliphatic heterocycles. The van der Waals surface area contributed by atoms with Crippen molar-refractivity contribution in [3.8, 4) is 0 Å². The number of carbonyl (C=O) groups excluding carboxylic acids is 2. The average molecular weight is 381 g/mol. The van der Waals surface area contributed by atoms with Crippen molar-refractivity contribution in [1.29, 1.82) is 0 Å². The van der Waals surface area contributed by atoms with Crippen molar-refractivity contribution in [2.45, 2.75) is 39.7 Å². The van der Waals surface area contributed by atoms with Crippen LogP contribution in [0.15, 0.2) is 6.20 Å². The van der Waals surface area contributed by atoms with Crippen LogP contribution in [-0.4, -0.2) is 57.0 Å². The summed E-state index contributed by atoms with van der Waals surface area (Å²) in [4.78, 5) is 30.4. The van der Waals surface area contributed by atoms with Gasteiger partial charge in [-0.2, -0.15) is 5.10 Å². The van der Waals surface area contributed by atoms with E-state index < -0.39 is 5.91 Å². The molecular formula is C17H25ClN6O2. The van der Waals surface area contributed by atoms with Gasteiger partial charge in [-0.15, -0.1) is 12.4 Å². The number of primary amides is 1. The standard InChI is InChI=1S/C17H24N6O2.ClH/c1-10-9-22(7-6-19-10)15(24)5-4-13-11(2)21-17-14(16(18)25)8-20-23(17)12(13)3;/h8,10,19H,4-7,9H2,1-3H3,(H2,18,25);1H/t10-;/m1./s1. The Hall–Kier alpha value is -2.19. The summed E-state index contributed by atoms with van der Waals surface area (Å²) in [7, 11) is 0. The molecule has 142 valence electrons. The number of aromatic nitrogens is 3. The number of halogens is 1. The van der Waals surface area contributed by atoms with Gasteiger partial charge in [0, 0.05) is 43.5 Å². The zero-order valence-electron chi connectivity index (χ0n) is 15.3. The maximum atomic E-state index is 12.5. The fraction of sp³-hybridized carbons (Fsp3) is 0.529. The molecule has 9 heteroatoms. The van der Waals surface area contributed by atoms with Crippen LogP contribution in [0, 0.1) is 13.8 Å². The minimum atomic E-state index is -0.544. The second-order valence-electron chi connectivity index (χ2n) is 6.61. The topological polar surface area (TPSA) is 106 Å². The van der Waals surface area contributed by atoms with E-state index in [2.05, 4.69) is 22.3 Å². The van der Waals surface area contributed by atoms with Crippen molar-refractivity contribution in [3.63, 3.8) is 0 Å². The van der Waals surface area contributed by atoms with Gasteiger partial charge in [-0.05, 0) is 32.8 Å². The van der Waals surface area contributed by atoms with E-state index in [-0.39, 0.29) is 18.3 Å². The van der Waals surface area contributed by atoms with E-state index in [0.29, 0.717) is 30.1 Å². The van der Waals surface area contributed by atoms with Crippen molar-refractivity contribution in [3.05, 3.63) is 28.7 Å². The molecule has 1 saturated heterocycles. The lowest BCUT2D eigenvalue weighted by Crippen LogP contribution is -2.51. The molecule has 0 aromatic carbocycles. The molecule has 1 atom stereocenters. The second kappa shape index (κ2) is 8.01. The molecule has 0 aliphatic carbocycles. The van der Waals surface area contributed by atoms with Crippen molar-refractivity contribution in [1.82, 2.24) is 24.8 Å². The Kier molecular flexibility index (Phi) is 6.20. The van der Waals surface area contributed by atoms with Crippen LogP contribution in [0.25, 0.3) is 5.65 Å². The Morgan fingerprint density at radius 3 is 2.77 bits per heavy atom. The number of nitrogens with zero attached hydrogens (tertiary/aromatic N) is 4. The predicted octanol–water partition coefficient (Wildman–Crippen LogP) is 0.620. The first-order chi connectivity index (χ1) is 11.9. The first-order valence-corrected chi connectivity index (χ1v) is 8.53. The van der Waals surface area contributed by atoms with Gasteiger partial charge in [-0.25, -0.2) is 9.50 Å². The van der Waals surface area contributed by atoms with E-state index in [0.717, 1.165) is 36.6 Å². The van der Waals surface area contributed by atoms with Gasteiger partial charge in [-0.1, -0.05) is 0 Å². The number of hydrogen-bond donors (Lipinski definition) is 2. The number of piperazine rings is 1. The highest BCUT2D eigenvalue weighted by molar-refractivity contribution is 5.98. The molecular weight excluding hydrogens is 356 g/mol. The number of nitrogens with two attached hydrogens (primary N) is 1. The average Bonchev–Trinajstić information content (AvgIpc) is 2.98. The molecule has 2 aromatic heterocycles. The lowest BCUT2D eigenvalue weighted by Gasteiger charge is -2.32. The van der Waals surface area contributed by atoms with Gasteiger partial charge < -0.3 is 16.0 Å². The van der Waals surface area contributed by atoms with Crippen LogP contribution in [-0.2, 0) is 11.2 Å². The Morgan fingerprint density at radius 1 is 1.38 bits per heavy atom. The number of hydrogen-bond acceptors (Lipinski definition) is 5. The number of rotatable bonds is 4. The molecule has 2 aromatic rings. The van der Waals surface area contributed by atoms with E-state index in [1.54, 1.807) is 4.52 Å². The van der Waals surface area contributed by atoms with Crippen LogP contribution < -0.4 is 11.1 Å². The van der Waals surface area contributed by atoms with Crippen LogP contribution in [0.5, 0.6) is 0 Å². The van der Waals surface area contributed by atoms with Gasteiger partial charge in [0.2, 0.25) is 5.91 Å². The van der Waals surface area contributed by atoms with Crippen LogP contribution in [0.4, 0.5) is 0 Å². The van der Waals surface area contributed by atoms with Gasteiger partial charge in [-0.3, -0.25) is 9.59 Å². The maximum Gasteiger partial charge on any atom is 0.254 e. The summed E-state index contributed by atoms with van der Waals surface area (Å²) in [5.41, 5.74) is 8.82. The Bertz CT molecular complexity index is 834. The van der Waals surface area contributed by atoms with Crippen LogP contribution in [0.2, 0.25) is 0 Å². The van der Waals surface area contributed by atoms with E-state index >= 15 is 0 Å². The minimum absolute atomic E-state index is 0. The Morgan fingerprint density at radius 2 is 2.12 bits per heavy atom. The van der Waals surface area contributed by atoms with Gasteiger partial charge >= 0.3 is 0 Å². The minimum Gasteiger partial charge on any atom is -0.365 e. The van der Waals surface area contributed by atoms with Crippen LogP contribution in [0.3, 0.4) is 0 Å². The lowest BCUT2D eigenvalue weighted by atomic mass is 10.1. The number of aryl methyl sites for hydroxylation is 2. The largest absolute Gasteiger partial charge is 0.365 e. The Balaban J connectivity index is 0.00000243. The zero-order valence-corrected chi connectivity index (χ0v) is 16.1. The fourth-order valence-corrected chi connectivity index (χ4v) is 3.40. The molecule has 8 nitrogen and oxygen atoms in total. The first kappa shape index (κ1) is 20.1. The molecule has 3 rings (SSSR count). The van der Waals surface area contributed by atoms with Crippen LogP contribution in [0.1, 0.15) is 40.7 Å². The normalized spacial score (nSPS) is 17.2. The highest BCUT2D eigenvalue weighted by atomic mass is 35.5. The van der Waals surface area contributed by atoms with E-state index in [4.69, 9.17) is 5.73 Å². The molecule has 1 aliphatic rings. The summed E-state index contributed by atoms with van der Waals surface area (Å²) in [6.45, 7) is 8.22. The first-order valence-electron chi connectivity index (χ1n) is 8.53. The molecule has 1 fully saturated rings. The predicted molar refractivity (Wildman–Crippen MR) is 101 cm³/mol. The number of amides is 2. The maximum absolute atomic E-state index is 12.5. The smallest absolute Gasteiger partial charge is 0.254 e. The third-order valence-corrected chi connectivity index (χ3v) is 4.78. The summed E-state index contributed by atoms with van der Waals surface area (Å²) in [6, 6.07) is 0.329. The van der Waals surface area contributed by atoms with Gasteiger partial charge in [0.25, 0.3) is 5.91 Å². The fourth-order valence-electron chi connectivity index (χ4n) is 3.40. The molecule has 26 heavy (non-hydrogen) atoms. The lowest BCUT2D eigenvalue weighted by molar-refractivity contribution is -0.132. The Labute approximate surface area is 158 Å². The van der Waals surface area contributed by atoms with Crippen molar-refractivity contribution in [2.75, 3.05) is 19.6 Å². The molecule has 0 unspecified atom stereocenters. The third-order valence-electron chi connectivity index (χ3n) is 4.78. The molecule has 0 saturated carbocycles. The van der Waals surface area contributed by atoms with Gasteiger partial charge in [0.15, 0.2) is 5.65 Å². The van der Waals surface area contributed by atoms with E-state index in [1.165, 1.54) is 6.20 Å². The number of fused-ring (bicyclic) bond motifs is 1. The number of nitrogens with one attached hydrogen (secondary N) is 1. The molecule has 0 radical (unpaired) electrons. The van der Waals surface area contributed by atoms with Gasteiger partial charge in [0.05, 0.1) is 6.20 Å². The van der Waals surface area contributed by atoms with Crippen molar-refractivity contribution < 1.29 is 9.59 Å². The van der Waals surface area contributed by atoms with Gasteiger partial charge in [0.1, 0.15) is 5.56 Å². The molecule has 0 spiro atoms. The SMILES string of the molecule is Cc1nc2c(C(N)=O)cnn2c(C)c1CCC(=O)N1CCN[C@H](C)C1.Cl. The monoisotopic (exact) mass is 380 g/mol. The second-order valence-corrected chi connectivity index (χ2v) is 6.61. The highest BCUT2D eigenvalue weighted by Gasteiger charge is 2.21. The summed E-state index contributed by atoms with van der Waals surface area (Å²) in [6.07, 6.45) is 2.48. The molecule has 0 bridgehead atoms. The number of carbonyl (C=O) groups is 2. The summed E-state index contributed by atoms with van der Waals surface area (Å²) in [5, 5.41) is 7.55. The zero-order chi connectivity index (χ0) is 18.1. The summed E-state index contributed by atoms with van der Waals surface area (Å²) >= 11 is 0.